The van der Waals surface area contributed by atoms with Gasteiger partial charge in [-0.3, -0.25) is 9.48 Å². The number of rotatable bonds is 4. The molecule has 4 heterocycles. The van der Waals surface area contributed by atoms with Crippen molar-refractivity contribution in [3.05, 3.63) is 59.1 Å². The van der Waals surface area contributed by atoms with Gasteiger partial charge in [-0.15, -0.1) is 0 Å². The molecule has 0 saturated carbocycles. The van der Waals surface area contributed by atoms with Gasteiger partial charge in [0.15, 0.2) is 0 Å². The van der Waals surface area contributed by atoms with Gasteiger partial charge in [0.25, 0.3) is 0 Å². The van der Waals surface area contributed by atoms with Crippen LogP contribution in [0.3, 0.4) is 0 Å². The molecule has 0 aromatic carbocycles. The van der Waals surface area contributed by atoms with Crippen molar-refractivity contribution in [3.63, 3.8) is 0 Å². The largest absolute Gasteiger partial charge is 0.335 e. The van der Waals surface area contributed by atoms with Gasteiger partial charge in [-0.05, 0) is 28.5 Å². The number of hydrogen-bond donors (Lipinski definition) is 0. The molecule has 1 atom stereocenters. The Labute approximate surface area is 144 Å². The third-order valence-electron chi connectivity index (χ3n) is 4.36. The molecule has 1 unspecified atom stereocenters. The van der Waals surface area contributed by atoms with Crippen LogP contribution in [-0.2, 0) is 30.8 Å². The molecule has 0 aliphatic carbocycles. The van der Waals surface area contributed by atoms with E-state index in [1.807, 2.05) is 51.1 Å². The second-order valence-corrected chi connectivity index (χ2v) is 6.95. The van der Waals surface area contributed by atoms with Crippen LogP contribution < -0.4 is 0 Å². The van der Waals surface area contributed by atoms with Crippen LogP contribution in [0.4, 0.5) is 0 Å². The lowest BCUT2D eigenvalue weighted by Gasteiger charge is -2.24. The van der Waals surface area contributed by atoms with Crippen LogP contribution in [0.5, 0.6) is 0 Å². The van der Waals surface area contributed by atoms with E-state index in [-0.39, 0.29) is 5.91 Å². The maximum atomic E-state index is 12.8. The van der Waals surface area contributed by atoms with Gasteiger partial charge in [0.2, 0.25) is 5.91 Å². The number of imidazole rings is 1. The highest BCUT2D eigenvalue weighted by Gasteiger charge is 2.26. The average Bonchev–Trinajstić information content (AvgIpc) is 3.30. The highest BCUT2D eigenvalue weighted by molar-refractivity contribution is 7.07. The van der Waals surface area contributed by atoms with Gasteiger partial charge in [-0.2, -0.15) is 16.4 Å². The number of carbonyl (C=O) groups is 1. The van der Waals surface area contributed by atoms with Crippen LogP contribution in [0.15, 0.2) is 47.7 Å². The zero-order chi connectivity index (χ0) is 16.4. The fraction of sp³-hybridized carbons (Fsp3) is 0.353. The van der Waals surface area contributed by atoms with Gasteiger partial charge < -0.3 is 9.47 Å². The van der Waals surface area contributed by atoms with E-state index in [0.717, 1.165) is 31.0 Å². The van der Waals surface area contributed by atoms with E-state index in [1.54, 1.807) is 17.5 Å². The molecule has 1 amide bonds. The van der Waals surface area contributed by atoms with E-state index in [9.17, 15) is 4.79 Å². The molecule has 24 heavy (non-hydrogen) atoms. The van der Waals surface area contributed by atoms with Gasteiger partial charge in [0.1, 0.15) is 5.82 Å². The van der Waals surface area contributed by atoms with E-state index >= 15 is 0 Å². The molecular formula is C17H19N5OS. The number of nitrogens with zero attached hydrogens (tertiary/aromatic N) is 5. The normalized spacial score (nSPS) is 17.5. The molecule has 4 rings (SSSR count). The standard InChI is InChI=1S/C17H19N5OS/c23-17(8-14-2-7-24-13-14)21-10-15(11-22-5-1-3-19-22)9-20-6-4-18-16(20)12-21/h1-7,13,15H,8-12H2. The SMILES string of the molecule is O=C(Cc1ccsc1)N1Cc2nccn2CC(Cn2cccn2)C1. The van der Waals surface area contributed by atoms with Crippen LogP contribution in [0.1, 0.15) is 11.4 Å². The Morgan fingerprint density at radius 1 is 1.29 bits per heavy atom. The minimum atomic E-state index is 0.162. The summed E-state index contributed by atoms with van der Waals surface area (Å²) >= 11 is 1.63. The Bertz CT molecular complexity index is 793. The van der Waals surface area contributed by atoms with Gasteiger partial charge in [-0.1, -0.05) is 0 Å². The summed E-state index contributed by atoms with van der Waals surface area (Å²) < 4.78 is 4.10. The molecule has 0 spiro atoms. The number of amides is 1. The van der Waals surface area contributed by atoms with Crippen LogP contribution >= 0.6 is 11.3 Å². The van der Waals surface area contributed by atoms with E-state index in [4.69, 9.17) is 0 Å². The third kappa shape index (κ3) is 3.26. The minimum absolute atomic E-state index is 0.162. The van der Waals surface area contributed by atoms with Crippen molar-refractivity contribution in [3.8, 4) is 0 Å². The van der Waals surface area contributed by atoms with Gasteiger partial charge in [-0.25, -0.2) is 4.98 Å². The number of thiophene rings is 1. The third-order valence-corrected chi connectivity index (χ3v) is 5.09. The summed E-state index contributed by atoms with van der Waals surface area (Å²) in [5, 5.41) is 8.36. The van der Waals surface area contributed by atoms with E-state index in [1.165, 1.54) is 0 Å². The van der Waals surface area contributed by atoms with Crippen LogP contribution in [0.2, 0.25) is 0 Å². The maximum Gasteiger partial charge on any atom is 0.227 e. The second-order valence-electron chi connectivity index (χ2n) is 6.17. The Balaban J connectivity index is 1.53. The minimum Gasteiger partial charge on any atom is -0.335 e. The van der Waals surface area contributed by atoms with Gasteiger partial charge >= 0.3 is 0 Å². The molecule has 3 aromatic rings. The van der Waals surface area contributed by atoms with E-state index in [2.05, 4.69) is 14.6 Å². The molecular weight excluding hydrogens is 322 g/mol. The number of fused-ring (bicyclic) bond motifs is 1. The number of carbonyl (C=O) groups excluding carboxylic acids is 1. The first-order valence-corrected chi connectivity index (χ1v) is 8.98. The molecule has 1 aliphatic rings. The maximum absolute atomic E-state index is 12.8. The highest BCUT2D eigenvalue weighted by atomic mass is 32.1. The molecule has 3 aromatic heterocycles. The van der Waals surface area contributed by atoms with Crippen LogP contribution in [-0.4, -0.2) is 36.7 Å². The Morgan fingerprint density at radius 2 is 2.25 bits per heavy atom. The van der Waals surface area contributed by atoms with Crippen molar-refractivity contribution < 1.29 is 4.79 Å². The van der Waals surface area contributed by atoms with Crippen molar-refractivity contribution in [1.82, 2.24) is 24.2 Å². The summed E-state index contributed by atoms with van der Waals surface area (Å²) in [5.74, 6) is 1.43. The first-order chi connectivity index (χ1) is 11.8. The molecule has 0 bridgehead atoms. The lowest BCUT2D eigenvalue weighted by molar-refractivity contribution is -0.131. The van der Waals surface area contributed by atoms with E-state index < -0.39 is 0 Å². The molecule has 0 radical (unpaired) electrons. The lowest BCUT2D eigenvalue weighted by atomic mass is 10.1. The molecule has 0 saturated heterocycles. The summed E-state index contributed by atoms with van der Waals surface area (Å²) in [6.07, 6.45) is 8.03. The predicted molar refractivity (Wildman–Crippen MR) is 91.4 cm³/mol. The fourth-order valence-corrected chi connectivity index (χ4v) is 3.87. The Morgan fingerprint density at radius 3 is 3.04 bits per heavy atom. The Hall–Kier alpha value is -2.41. The van der Waals surface area contributed by atoms with Gasteiger partial charge in [0, 0.05) is 50.3 Å². The topological polar surface area (TPSA) is 56.0 Å². The molecule has 0 N–H and O–H groups in total. The lowest BCUT2D eigenvalue weighted by Crippen LogP contribution is -2.36. The second kappa shape index (κ2) is 6.60. The van der Waals surface area contributed by atoms with Crippen molar-refractivity contribution in [2.24, 2.45) is 5.92 Å². The predicted octanol–water partition coefficient (Wildman–Crippen LogP) is 2.04. The summed E-state index contributed by atoms with van der Waals surface area (Å²) in [7, 11) is 0. The molecule has 124 valence electrons. The quantitative estimate of drug-likeness (QED) is 0.730. The zero-order valence-corrected chi connectivity index (χ0v) is 14.1. The first kappa shape index (κ1) is 15.1. The number of hydrogen-bond acceptors (Lipinski definition) is 4. The molecule has 1 aliphatic heterocycles. The highest BCUT2D eigenvalue weighted by Crippen LogP contribution is 2.18. The molecule has 7 heteroatoms. The van der Waals surface area contributed by atoms with Crippen LogP contribution in [0.25, 0.3) is 0 Å². The van der Waals surface area contributed by atoms with Crippen molar-refractivity contribution in [2.75, 3.05) is 6.54 Å². The van der Waals surface area contributed by atoms with Crippen molar-refractivity contribution >= 4 is 17.2 Å². The monoisotopic (exact) mass is 341 g/mol. The van der Waals surface area contributed by atoms with Gasteiger partial charge in [0.05, 0.1) is 13.0 Å². The zero-order valence-electron chi connectivity index (χ0n) is 13.3. The van der Waals surface area contributed by atoms with Crippen molar-refractivity contribution in [1.29, 1.82) is 0 Å². The molecule has 0 fully saturated rings. The van der Waals surface area contributed by atoms with Crippen molar-refractivity contribution in [2.45, 2.75) is 26.1 Å². The first-order valence-electron chi connectivity index (χ1n) is 8.04. The van der Waals surface area contributed by atoms with Crippen LogP contribution in [0, 0.1) is 5.92 Å². The average molecular weight is 341 g/mol. The summed E-state index contributed by atoms with van der Waals surface area (Å²) in [6.45, 7) is 2.96. The summed E-state index contributed by atoms with van der Waals surface area (Å²) in [5.41, 5.74) is 1.08. The summed E-state index contributed by atoms with van der Waals surface area (Å²) in [6, 6.07) is 3.95. The molecule has 6 nitrogen and oxygen atoms in total. The Kier molecular flexibility index (Phi) is 4.17. The van der Waals surface area contributed by atoms with E-state index in [0.29, 0.717) is 18.9 Å². The summed E-state index contributed by atoms with van der Waals surface area (Å²) in [4.78, 5) is 19.1. The smallest absolute Gasteiger partial charge is 0.227 e. The fourth-order valence-electron chi connectivity index (χ4n) is 3.20. The number of aromatic nitrogens is 4.